The summed E-state index contributed by atoms with van der Waals surface area (Å²) in [5.41, 5.74) is 10.4. The number of nitrogens with zero attached hydrogens (tertiary/aromatic N) is 5. The van der Waals surface area contributed by atoms with E-state index in [0.29, 0.717) is 28.3 Å². The summed E-state index contributed by atoms with van der Waals surface area (Å²) in [4.78, 5) is 11.3. The van der Waals surface area contributed by atoms with E-state index in [2.05, 4.69) is 113 Å². The lowest BCUT2D eigenvalue weighted by molar-refractivity contribution is 0.483. The smallest absolute Gasteiger partial charge is 0.137 e. The maximum atomic E-state index is 15.4. The van der Waals surface area contributed by atoms with Crippen molar-refractivity contribution in [2.45, 2.75) is 52.4 Å². The zero-order chi connectivity index (χ0) is 54.0. The quantitative estimate of drug-likeness (QED) is 0.128. The molecule has 3 heterocycles. The Kier molecular flexibility index (Phi) is 12.4. The lowest BCUT2D eigenvalue weighted by Gasteiger charge is -2.31. The fourth-order valence-corrected chi connectivity index (χ4v) is 10.8. The highest BCUT2D eigenvalue weighted by atomic mass is 19.1. The molecule has 10 heteroatoms. The van der Waals surface area contributed by atoms with Crippen LogP contribution in [0, 0.1) is 23.3 Å². The Bertz CT molecular complexity index is 3940. The average Bonchev–Trinajstić information content (AvgIpc) is 4.20. The molecule has 0 saturated heterocycles. The summed E-state index contributed by atoms with van der Waals surface area (Å²) in [6.07, 6.45) is 1.87. The van der Waals surface area contributed by atoms with Gasteiger partial charge in [-0.05, 0) is 142 Å². The highest BCUT2D eigenvalue weighted by molar-refractivity contribution is 6.09. The number of ether oxygens (including phenoxy) is 1. The van der Waals surface area contributed by atoms with Crippen LogP contribution in [0.15, 0.2) is 212 Å². The van der Waals surface area contributed by atoms with Crippen molar-refractivity contribution in [1.29, 1.82) is 0 Å². The minimum Gasteiger partial charge on any atom is -0.457 e. The molecule has 0 unspecified atom stereocenters. The van der Waals surface area contributed by atoms with E-state index in [-0.39, 0.29) is 23.2 Å². The van der Waals surface area contributed by atoms with Crippen molar-refractivity contribution >= 4 is 61.6 Å². The number of hydrogen-bond acceptors (Lipinski definition) is 5. The Morgan fingerprint density at radius 3 is 1.58 bits per heavy atom. The van der Waals surface area contributed by atoms with Gasteiger partial charge in [0.15, 0.2) is 0 Å². The van der Waals surface area contributed by atoms with Crippen LogP contribution in [0.2, 0.25) is 0 Å². The van der Waals surface area contributed by atoms with Crippen LogP contribution in [0.1, 0.15) is 52.7 Å². The van der Waals surface area contributed by atoms with E-state index in [9.17, 15) is 0 Å². The second-order valence-corrected chi connectivity index (χ2v) is 22.0. The Labute approximate surface area is 451 Å². The van der Waals surface area contributed by atoms with E-state index in [1.807, 2.05) is 124 Å². The van der Waals surface area contributed by atoms with Gasteiger partial charge in [-0.1, -0.05) is 108 Å². The first-order chi connectivity index (χ1) is 37.5. The monoisotopic (exact) mass is 1030 g/mol. The molecule has 11 aromatic rings. The molecule has 0 saturated carbocycles. The van der Waals surface area contributed by atoms with Crippen LogP contribution >= 0.6 is 0 Å². The van der Waals surface area contributed by atoms with Gasteiger partial charge in [-0.25, -0.2) is 22.5 Å². The van der Waals surface area contributed by atoms with Gasteiger partial charge in [-0.3, -0.25) is 4.57 Å². The van der Waals surface area contributed by atoms with Crippen LogP contribution in [0.4, 0.5) is 57.4 Å². The van der Waals surface area contributed by atoms with E-state index >= 15 is 17.6 Å². The average molecular weight is 1030 g/mol. The number of halogens is 4. The molecule has 0 radical (unpaired) electrons. The molecule has 0 atom stereocenters. The van der Waals surface area contributed by atoms with Crippen LogP contribution in [0.5, 0.6) is 11.5 Å². The van der Waals surface area contributed by atoms with E-state index in [1.165, 1.54) is 29.8 Å². The minimum atomic E-state index is -0.753. The Morgan fingerprint density at radius 2 is 0.987 bits per heavy atom. The SMILES string of the molecule is CC(C)(C)c1ccnc(-n2c3ccccc3c3ccc(Oc4cc(N5CN(c6c(-c7cc(F)cc(F)c7)cc(C(C)(C)C)cc6-c6cc(F)cc(F)c6)c6ccccc65)cc(N(c5ccccc5)c5ccccc5)c4)cc32)c1. The van der Waals surface area contributed by atoms with Gasteiger partial charge in [0.05, 0.1) is 33.8 Å². The van der Waals surface area contributed by atoms with Gasteiger partial charge >= 0.3 is 0 Å². The standard InChI is InChI=1S/C68H55F4N5O/c1-67(2,3)45-27-28-73-65(35-45)77-61-22-14-13-21-57(61)58-26-25-55(41-64(58)77)78-56-39-53(38-54(40-56)76(51-17-9-7-10-18-51)52-19-11-8-12-20-52)74-42-75(63-24-16-15-23-62(63)74)66-59(43-29-47(69)36-48(70)30-43)33-46(68(4,5)6)34-60(66)44-31-49(71)37-50(72)32-44/h7-41H,42H2,1-6H3. The van der Waals surface area contributed by atoms with Crippen LogP contribution in [-0.4, -0.2) is 16.2 Å². The summed E-state index contributed by atoms with van der Waals surface area (Å²) in [6, 6.07) is 63.9. The summed E-state index contributed by atoms with van der Waals surface area (Å²) < 4.78 is 71.1. The number of hydrogen-bond donors (Lipinski definition) is 0. The summed E-state index contributed by atoms with van der Waals surface area (Å²) >= 11 is 0. The highest BCUT2D eigenvalue weighted by Crippen LogP contribution is 2.53. The molecular weight excluding hydrogens is 979 g/mol. The van der Waals surface area contributed by atoms with Gasteiger partial charge in [0.25, 0.3) is 0 Å². The number of fused-ring (bicyclic) bond motifs is 4. The Balaban J connectivity index is 1.06. The highest BCUT2D eigenvalue weighted by Gasteiger charge is 2.34. The molecular formula is C68H55F4N5O. The second-order valence-electron chi connectivity index (χ2n) is 22.0. The third-order valence-corrected chi connectivity index (χ3v) is 14.5. The third kappa shape index (κ3) is 9.37. The van der Waals surface area contributed by atoms with Crippen molar-refractivity contribution in [3.63, 3.8) is 0 Å². The molecule has 0 N–H and O–H groups in total. The lowest BCUT2D eigenvalue weighted by Crippen LogP contribution is -2.25. The van der Waals surface area contributed by atoms with Crippen molar-refractivity contribution in [1.82, 2.24) is 9.55 Å². The Morgan fingerprint density at radius 1 is 0.449 bits per heavy atom. The van der Waals surface area contributed by atoms with Crippen molar-refractivity contribution in [2.75, 3.05) is 21.4 Å². The van der Waals surface area contributed by atoms with Gasteiger partial charge < -0.3 is 19.4 Å². The topological polar surface area (TPSA) is 36.8 Å². The first kappa shape index (κ1) is 49.7. The van der Waals surface area contributed by atoms with Gasteiger partial charge in [-0.2, -0.15) is 0 Å². The number of para-hydroxylation sites is 5. The molecule has 78 heavy (non-hydrogen) atoms. The molecule has 0 fully saturated rings. The summed E-state index contributed by atoms with van der Waals surface area (Å²) in [7, 11) is 0. The first-order valence-electron chi connectivity index (χ1n) is 26.0. The zero-order valence-electron chi connectivity index (χ0n) is 44.1. The number of benzene rings is 9. The van der Waals surface area contributed by atoms with Gasteiger partial charge in [0.2, 0.25) is 0 Å². The second kappa shape index (κ2) is 19.5. The number of aromatic nitrogens is 2. The molecule has 1 aliphatic rings. The van der Waals surface area contributed by atoms with Crippen molar-refractivity contribution < 1.29 is 22.3 Å². The molecule has 0 spiro atoms. The predicted octanol–water partition coefficient (Wildman–Crippen LogP) is 19.2. The zero-order valence-corrected chi connectivity index (χ0v) is 44.1. The molecule has 0 amide bonds. The molecule has 6 nitrogen and oxygen atoms in total. The number of rotatable bonds is 10. The van der Waals surface area contributed by atoms with Gasteiger partial charge in [-0.15, -0.1) is 0 Å². The molecule has 386 valence electrons. The van der Waals surface area contributed by atoms with Crippen LogP contribution < -0.4 is 19.4 Å². The third-order valence-electron chi connectivity index (χ3n) is 14.5. The molecule has 12 rings (SSSR count). The van der Waals surface area contributed by atoms with Gasteiger partial charge in [0.1, 0.15) is 47.3 Å². The predicted molar refractivity (Wildman–Crippen MR) is 310 cm³/mol. The number of anilines is 7. The normalized spacial score (nSPS) is 12.6. The van der Waals surface area contributed by atoms with Crippen molar-refractivity contribution in [2.24, 2.45) is 0 Å². The van der Waals surface area contributed by atoms with E-state index < -0.39 is 28.7 Å². The maximum absolute atomic E-state index is 15.4. The van der Waals surface area contributed by atoms with Crippen molar-refractivity contribution in [3.05, 3.63) is 247 Å². The first-order valence-corrected chi connectivity index (χ1v) is 26.0. The Hall–Kier alpha value is -9.15. The maximum Gasteiger partial charge on any atom is 0.137 e. The largest absolute Gasteiger partial charge is 0.457 e. The summed E-state index contributed by atoms with van der Waals surface area (Å²) in [5, 5.41) is 2.15. The molecule has 0 bridgehead atoms. The fraction of sp³-hybridized carbons (Fsp3) is 0.132. The number of pyridine rings is 1. The molecule has 2 aromatic heterocycles. The lowest BCUT2D eigenvalue weighted by atomic mass is 9.82. The minimum absolute atomic E-state index is 0.101. The fourth-order valence-electron chi connectivity index (χ4n) is 10.8. The van der Waals surface area contributed by atoms with Gasteiger partial charge in [0, 0.05) is 75.5 Å². The molecule has 9 aromatic carbocycles. The molecule has 1 aliphatic heterocycles. The molecule has 0 aliphatic carbocycles. The van der Waals surface area contributed by atoms with Crippen LogP contribution in [0.25, 0.3) is 49.9 Å². The van der Waals surface area contributed by atoms with E-state index in [1.54, 1.807) is 0 Å². The van der Waals surface area contributed by atoms with E-state index in [4.69, 9.17) is 9.72 Å². The van der Waals surface area contributed by atoms with E-state index in [0.717, 1.165) is 79.4 Å². The summed E-state index contributed by atoms with van der Waals surface area (Å²) in [5.74, 6) is -1.06. The summed E-state index contributed by atoms with van der Waals surface area (Å²) in [6.45, 7) is 12.9. The van der Waals surface area contributed by atoms with Crippen LogP contribution in [-0.2, 0) is 10.8 Å². The van der Waals surface area contributed by atoms with Crippen molar-refractivity contribution in [3.8, 4) is 39.6 Å². The van der Waals surface area contributed by atoms with Crippen LogP contribution in [0.3, 0.4) is 0 Å².